The highest BCUT2D eigenvalue weighted by Crippen LogP contribution is 2.23. The zero-order chi connectivity index (χ0) is 15.7. The van der Waals surface area contributed by atoms with Crippen LogP contribution >= 0.6 is 0 Å². The molecule has 0 aliphatic heterocycles. The molecule has 0 aromatic rings. The maximum atomic E-state index is 11.2. The number of esters is 1. The number of carboxylic acid groups (broad SMARTS) is 1. The van der Waals surface area contributed by atoms with E-state index < -0.39 is 18.0 Å². The molecule has 0 saturated carbocycles. The molecule has 0 fully saturated rings. The van der Waals surface area contributed by atoms with Crippen LogP contribution in [-0.2, 0) is 14.3 Å². The van der Waals surface area contributed by atoms with Gasteiger partial charge in [-0.2, -0.15) is 0 Å². The van der Waals surface area contributed by atoms with E-state index in [2.05, 4.69) is 13.2 Å². The first-order chi connectivity index (χ1) is 9.29. The summed E-state index contributed by atoms with van der Waals surface area (Å²) in [7, 11) is 0. The summed E-state index contributed by atoms with van der Waals surface area (Å²) in [5.41, 5.74) is 0.346. The minimum Gasteiger partial charge on any atom is -0.478 e. The Hall–Kier alpha value is -1.62. The van der Waals surface area contributed by atoms with Gasteiger partial charge in [0.15, 0.2) is 0 Å². The van der Waals surface area contributed by atoms with E-state index in [0.717, 1.165) is 12.8 Å². The zero-order valence-electron chi connectivity index (χ0n) is 12.2. The SMILES string of the molecule is C=C(C)C(=O)OCC(O)CC(CCCC)C(=C)C(=O)O. The number of unbranched alkanes of at least 4 members (excludes halogenated alkanes) is 1. The van der Waals surface area contributed by atoms with Crippen LogP contribution in [0.2, 0.25) is 0 Å². The fourth-order valence-corrected chi connectivity index (χ4v) is 1.75. The summed E-state index contributed by atoms with van der Waals surface area (Å²) in [4.78, 5) is 22.2. The normalized spacial score (nSPS) is 13.3. The fraction of sp³-hybridized carbons (Fsp3) is 0.600. The largest absolute Gasteiger partial charge is 0.478 e. The molecule has 0 aromatic carbocycles. The summed E-state index contributed by atoms with van der Waals surface area (Å²) >= 11 is 0. The number of aliphatic hydroxyl groups excluding tert-OH is 1. The number of carboxylic acids is 1. The topological polar surface area (TPSA) is 83.8 Å². The number of hydrogen-bond acceptors (Lipinski definition) is 4. The highest BCUT2D eigenvalue weighted by molar-refractivity contribution is 5.87. The second-order valence-corrected chi connectivity index (χ2v) is 4.94. The predicted octanol–water partition coefficient (Wildman–Crippen LogP) is 2.30. The first kappa shape index (κ1) is 18.4. The Morgan fingerprint density at radius 2 is 1.90 bits per heavy atom. The molecule has 2 atom stereocenters. The number of hydrogen-bond donors (Lipinski definition) is 2. The van der Waals surface area contributed by atoms with E-state index in [-0.39, 0.29) is 30.1 Å². The Balaban J connectivity index is 4.41. The van der Waals surface area contributed by atoms with E-state index in [9.17, 15) is 14.7 Å². The molecule has 0 amide bonds. The molecule has 0 spiro atoms. The maximum absolute atomic E-state index is 11.2. The van der Waals surface area contributed by atoms with Crippen molar-refractivity contribution in [2.45, 2.75) is 45.6 Å². The van der Waals surface area contributed by atoms with Crippen LogP contribution in [0.5, 0.6) is 0 Å². The molecule has 5 nitrogen and oxygen atoms in total. The molecule has 0 saturated heterocycles. The van der Waals surface area contributed by atoms with Crippen molar-refractivity contribution in [2.24, 2.45) is 5.92 Å². The summed E-state index contributed by atoms with van der Waals surface area (Å²) < 4.78 is 4.85. The molecule has 2 N–H and O–H groups in total. The van der Waals surface area contributed by atoms with Gasteiger partial charge >= 0.3 is 11.9 Å². The predicted molar refractivity (Wildman–Crippen MR) is 76.2 cm³/mol. The average Bonchev–Trinajstić information content (AvgIpc) is 2.39. The maximum Gasteiger partial charge on any atom is 0.333 e. The summed E-state index contributed by atoms with van der Waals surface area (Å²) in [6.07, 6.45) is 1.75. The molecule has 114 valence electrons. The van der Waals surface area contributed by atoms with Crippen LogP contribution in [0.3, 0.4) is 0 Å². The van der Waals surface area contributed by atoms with E-state index >= 15 is 0 Å². The third kappa shape index (κ3) is 7.09. The van der Waals surface area contributed by atoms with Gasteiger partial charge in [-0.3, -0.25) is 0 Å². The van der Waals surface area contributed by atoms with Gasteiger partial charge in [0.25, 0.3) is 0 Å². The Morgan fingerprint density at radius 3 is 2.35 bits per heavy atom. The molecule has 0 aliphatic rings. The van der Waals surface area contributed by atoms with E-state index in [4.69, 9.17) is 9.84 Å². The van der Waals surface area contributed by atoms with Gasteiger partial charge in [0.2, 0.25) is 0 Å². The van der Waals surface area contributed by atoms with Gasteiger partial charge in [0.1, 0.15) is 6.61 Å². The van der Waals surface area contributed by atoms with Gasteiger partial charge in [-0.1, -0.05) is 32.9 Å². The van der Waals surface area contributed by atoms with Crippen molar-refractivity contribution in [3.05, 3.63) is 24.3 Å². The number of carbonyl (C=O) groups is 2. The quantitative estimate of drug-likeness (QED) is 0.475. The molecule has 0 aliphatic carbocycles. The van der Waals surface area contributed by atoms with Crippen LogP contribution in [0.1, 0.15) is 39.5 Å². The third-order valence-electron chi connectivity index (χ3n) is 2.99. The van der Waals surface area contributed by atoms with Gasteiger partial charge in [-0.05, 0) is 25.7 Å². The van der Waals surface area contributed by atoms with Gasteiger partial charge in [0.05, 0.1) is 6.10 Å². The molecular formula is C15H24O5. The van der Waals surface area contributed by atoms with Crippen LogP contribution in [0.4, 0.5) is 0 Å². The zero-order valence-corrected chi connectivity index (χ0v) is 12.2. The first-order valence-electron chi connectivity index (χ1n) is 6.72. The highest BCUT2D eigenvalue weighted by Gasteiger charge is 2.22. The molecule has 0 rings (SSSR count). The standard InChI is InChI=1S/C15H24O5/c1-5-6-7-12(11(4)14(17)18)8-13(16)9-20-15(19)10(2)3/h12-13,16H,2,4-9H2,1,3H3,(H,17,18). The summed E-state index contributed by atoms with van der Waals surface area (Å²) in [5.74, 6) is -1.94. The molecule has 0 radical (unpaired) electrons. The van der Waals surface area contributed by atoms with Gasteiger partial charge < -0.3 is 14.9 Å². The van der Waals surface area contributed by atoms with Crippen LogP contribution < -0.4 is 0 Å². The van der Waals surface area contributed by atoms with Crippen molar-refractivity contribution in [1.29, 1.82) is 0 Å². The summed E-state index contributed by atoms with van der Waals surface area (Å²) in [6, 6.07) is 0. The van der Waals surface area contributed by atoms with E-state index in [0.29, 0.717) is 6.42 Å². The van der Waals surface area contributed by atoms with Crippen LogP contribution in [0, 0.1) is 5.92 Å². The summed E-state index contributed by atoms with van der Waals surface area (Å²) in [5, 5.41) is 18.8. The van der Waals surface area contributed by atoms with Gasteiger partial charge in [0, 0.05) is 11.1 Å². The average molecular weight is 284 g/mol. The Labute approximate surface area is 119 Å². The first-order valence-corrected chi connectivity index (χ1v) is 6.72. The lowest BCUT2D eigenvalue weighted by Gasteiger charge is -2.20. The fourth-order valence-electron chi connectivity index (χ4n) is 1.75. The second-order valence-electron chi connectivity index (χ2n) is 4.94. The third-order valence-corrected chi connectivity index (χ3v) is 2.99. The summed E-state index contributed by atoms with van der Waals surface area (Å²) in [6.45, 7) is 10.3. The lowest BCUT2D eigenvalue weighted by Crippen LogP contribution is -2.24. The van der Waals surface area contributed by atoms with Crippen molar-refractivity contribution >= 4 is 11.9 Å². The van der Waals surface area contributed by atoms with Gasteiger partial charge in [-0.15, -0.1) is 0 Å². The van der Waals surface area contributed by atoms with E-state index in [1.165, 1.54) is 6.92 Å². The molecule has 0 bridgehead atoms. The van der Waals surface area contributed by atoms with Crippen molar-refractivity contribution in [3.8, 4) is 0 Å². The number of ether oxygens (including phenoxy) is 1. The Bertz CT molecular complexity index is 372. The molecule has 2 unspecified atom stereocenters. The number of aliphatic carboxylic acids is 1. The van der Waals surface area contributed by atoms with Crippen LogP contribution in [0.25, 0.3) is 0 Å². The molecule has 20 heavy (non-hydrogen) atoms. The number of rotatable bonds is 10. The number of aliphatic hydroxyl groups is 1. The second kappa shape index (κ2) is 9.31. The van der Waals surface area contributed by atoms with E-state index in [1.807, 2.05) is 6.92 Å². The van der Waals surface area contributed by atoms with Crippen molar-refractivity contribution < 1.29 is 24.5 Å². The minimum absolute atomic E-state index is 0.0868. The van der Waals surface area contributed by atoms with E-state index in [1.54, 1.807) is 0 Å². The van der Waals surface area contributed by atoms with Crippen LogP contribution in [0.15, 0.2) is 24.3 Å². The van der Waals surface area contributed by atoms with Crippen molar-refractivity contribution in [2.75, 3.05) is 6.61 Å². The number of carbonyl (C=O) groups excluding carboxylic acids is 1. The molecule has 5 heteroatoms. The van der Waals surface area contributed by atoms with Gasteiger partial charge in [-0.25, -0.2) is 9.59 Å². The lowest BCUT2D eigenvalue weighted by atomic mass is 9.89. The highest BCUT2D eigenvalue weighted by atomic mass is 16.5. The Morgan fingerprint density at radius 1 is 1.30 bits per heavy atom. The molecular weight excluding hydrogens is 260 g/mol. The smallest absolute Gasteiger partial charge is 0.333 e. The van der Waals surface area contributed by atoms with Crippen LogP contribution in [-0.4, -0.2) is 34.9 Å². The molecule has 0 aromatic heterocycles. The minimum atomic E-state index is -1.06. The Kier molecular flexibility index (Phi) is 8.56. The van der Waals surface area contributed by atoms with Crippen molar-refractivity contribution in [3.63, 3.8) is 0 Å². The monoisotopic (exact) mass is 284 g/mol. The van der Waals surface area contributed by atoms with Crippen molar-refractivity contribution in [1.82, 2.24) is 0 Å². The lowest BCUT2D eigenvalue weighted by molar-refractivity contribution is -0.142. The molecule has 0 heterocycles.